The van der Waals surface area contributed by atoms with Gasteiger partial charge in [-0.25, -0.2) is 8.42 Å². The zero-order valence-electron chi connectivity index (χ0n) is 18.5. The number of ether oxygens (including phenoxy) is 1. The van der Waals surface area contributed by atoms with Crippen LogP contribution in [0.15, 0.2) is 77.7 Å². The Balaban J connectivity index is 1.64. The molecule has 8 heteroatoms. The Kier molecular flexibility index (Phi) is 6.40. The first-order valence-electron chi connectivity index (χ1n) is 10.4. The SMILES string of the molecule is CCN(c1ccc2sc(C(=O)Nc3ccccc3OC)cc2c1)S(=O)(=O)c1ccc(C)cc1. The monoisotopic (exact) mass is 480 g/mol. The number of aryl methyl sites for hydroxylation is 1. The Labute approximate surface area is 197 Å². The fourth-order valence-corrected chi connectivity index (χ4v) is 5.96. The Morgan fingerprint density at radius 2 is 1.76 bits per heavy atom. The van der Waals surface area contributed by atoms with Crippen LogP contribution in [0.2, 0.25) is 0 Å². The van der Waals surface area contributed by atoms with Crippen LogP contribution in [-0.2, 0) is 10.0 Å². The molecule has 0 radical (unpaired) electrons. The molecule has 0 saturated heterocycles. The summed E-state index contributed by atoms with van der Waals surface area (Å²) in [6, 6.07) is 21.2. The molecule has 4 aromatic rings. The van der Waals surface area contributed by atoms with Crippen molar-refractivity contribution < 1.29 is 17.9 Å². The van der Waals surface area contributed by atoms with E-state index in [1.54, 1.807) is 68.6 Å². The van der Waals surface area contributed by atoms with Crippen molar-refractivity contribution in [2.75, 3.05) is 23.3 Å². The molecule has 4 rings (SSSR count). The lowest BCUT2D eigenvalue weighted by Gasteiger charge is -2.23. The first-order chi connectivity index (χ1) is 15.8. The molecule has 0 bridgehead atoms. The van der Waals surface area contributed by atoms with Gasteiger partial charge in [0.25, 0.3) is 15.9 Å². The van der Waals surface area contributed by atoms with E-state index in [2.05, 4.69) is 5.32 Å². The van der Waals surface area contributed by atoms with E-state index in [1.165, 1.54) is 15.6 Å². The van der Waals surface area contributed by atoms with Gasteiger partial charge in [-0.3, -0.25) is 9.10 Å². The molecule has 0 atom stereocenters. The summed E-state index contributed by atoms with van der Waals surface area (Å²) < 4.78 is 34.1. The van der Waals surface area contributed by atoms with Crippen molar-refractivity contribution in [3.8, 4) is 5.75 Å². The fraction of sp³-hybridized carbons (Fsp3) is 0.160. The molecule has 1 N–H and O–H groups in total. The molecule has 33 heavy (non-hydrogen) atoms. The van der Waals surface area contributed by atoms with Gasteiger partial charge in [0.2, 0.25) is 0 Å². The molecule has 3 aromatic carbocycles. The molecular weight excluding hydrogens is 456 g/mol. The standard InChI is InChI=1S/C25H24N2O4S2/c1-4-27(33(29,30)20-12-9-17(2)10-13-20)19-11-14-23-18(15-19)16-24(32-23)25(28)26-21-7-5-6-8-22(21)31-3/h5-16H,4H2,1-3H3,(H,26,28). The van der Waals surface area contributed by atoms with Gasteiger partial charge in [-0.15, -0.1) is 11.3 Å². The second-order valence-electron chi connectivity index (χ2n) is 7.47. The van der Waals surface area contributed by atoms with Crippen molar-refractivity contribution in [3.05, 3.63) is 83.2 Å². The minimum Gasteiger partial charge on any atom is -0.495 e. The molecule has 0 fully saturated rings. The number of nitrogens with one attached hydrogen (secondary N) is 1. The number of thiophene rings is 1. The minimum absolute atomic E-state index is 0.247. The van der Waals surface area contributed by atoms with E-state index in [1.807, 2.05) is 25.1 Å². The first kappa shape index (κ1) is 22.8. The third kappa shape index (κ3) is 4.58. The summed E-state index contributed by atoms with van der Waals surface area (Å²) in [7, 11) is -2.15. The van der Waals surface area contributed by atoms with Crippen LogP contribution in [-0.4, -0.2) is 28.0 Å². The number of fused-ring (bicyclic) bond motifs is 1. The second kappa shape index (κ2) is 9.25. The average Bonchev–Trinajstić information content (AvgIpc) is 3.24. The molecule has 0 aliphatic rings. The topological polar surface area (TPSA) is 75.7 Å². The Hall–Kier alpha value is -3.36. The Morgan fingerprint density at radius 3 is 2.45 bits per heavy atom. The van der Waals surface area contributed by atoms with Crippen molar-refractivity contribution in [1.82, 2.24) is 0 Å². The maximum absolute atomic E-state index is 13.2. The van der Waals surface area contributed by atoms with Crippen LogP contribution < -0.4 is 14.4 Å². The van der Waals surface area contributed by atoms with Gasteiger partial charge >= 0.3 is 0 Å². The van der Waals surface area contributed by atoms with E-state index in [0.29, 0.717) is 22.0 Å². The largest absolute Gasteiger partial charge is 0.495 e. The van der Waals surface area contributed by atoms with Crippen LogP contribution >= 0.6 is 11.3 Å². The molecule has 0 aliphatic carbocycles. The van der Waals surface area contributed by atoms with Gasteiger partial charge in [0.1, 0.15) is 5.75 Å². The smallest absolute Gasteiger partial charge is 0.265 e. The fourth-order valence-electron chi connectivity index (χ4n) is 3.56. The molecule has 0 saturated carbocycles. The number of nitrogens with zero attached hydrogens (tertiary/aromatic N) is 1. The number of anilines is 2. The molecule has 1 amide bonds. The number of methoxy groups -OCH3 is 1. The molecule has 0 spiro atoms. The van der Waals surface area contributed by atoms with Gasteiger partial charge in [-0.05, 0) is 67.8 Å². The summed E-state index contributed by atoms with van der Waals surface area (Å²) in [6.45, 7) is 4.00. The van der Waals surface area contributed by atoms with Gasteiger partial charge in [-0.1, -0.05) is 29.8 Å². The summed E-state index contributed by atoms with van der Waals surface area (Å²) in [5.74, 6) is 0.330. The Bertz CT molecular complexity index is 1410. The number of para-hydroxylation sites is 2. The van der Waals surface area contributed by atoms with Crippen molar-refractivity contribution in [3.63, 3.8) is 0 Å². The van der Waals surface area contributed by atoms with Crippen LogP contribution in [0, 0.1) is 6.92 Å². The van der Waals surface area contributed by atoms with E-state index in [-0.39, 0.29) is 17.3 Å². The summed E-state index contributed by atoms with van der Waals surface area (Å²) in [4.78, 5) is 13.6. The lowest BCUT2D eigenvalue weighted by atomic mass is 10.2. The number of hydrogen-bond donors (Lipinski definition) is 1. The zero-order chi connectivity index (χ0) is 23.6. The number of amides is 1. The number of benzene rings is 3. The lowest BCUT2D eigenvalue weighted by Crippen LogP contribution is -2.30. The second-order valence-corrected chi connectivity index (χ2v) is 10.4. The molecule has 1 aromatic heterocycles. The van der Waals surface area contributed by atoms with E-state index in [0.717, 1.165) is 15.6 Å². The summed E-state index contributed by atoms with van der Waals surface area (Å²) in [5, 5.41) is 3.68. The number of carbonyl (C=O) groups excluding carboxylic acids is 1. The van der Waals surface area contributed by atoms with E-state index in [9.17, 15) is 13.2 Å². The van der Waals surface area contributed by atoms with E-state index >= 15 is 0 Å². The third-order valence-electron chi connectivity index (χ3n) is 5.26. The predicted octanol–water partition coefficient (Wildman–Crippen LogP) is 5.69. The molecular formula is C25H24N2O4S2. The first-order valence-corrected chi connectivity index (χ1v) is 12.7. The quantitative estimate of drug-likeness (QED) is 0.369. The van der Waals surface area contributed by atoms with Crippen LogP contribution in [0.5, 0.6) is 5.75 Å². The number of carbonyl (C=O) groups is 1. The van der Waals surface area contributed by atoms with E-state index < -0.39 is 10.0 Å². The maximum atomic E-state index is 13.2. The molecule has 170 valence electrons. The third-order valence-corrected chi connectivity index (χ3v) is 8.30. The van der Waals surface area contributed by atoms with Crippen LogP contribution in [0.25, 0.3) is 10.1 Å². The highest BCUT2D eigenvalue weighted by molar-refractivity contribution is 7.92. The van der Waals surface area contributed by atoms with Crippen molar-refractivity contribution in [1.29, 1.82) is 0 Å². The number of hydrogen-bond acceptors (Lipinski definition) is 5. The predicted molar refractivity (Wildman–Crippen MR) is 134 cm³/mol. The van der Waals surface area contributed by atoms with Gasteiger partial charge in [0, 0.05) is 11.2 Å². The van der Waals surface area contributed by atoms with Crippen molar-refractivity contribution in [2.45, 2.75) is 18.7 Å². The van der Waals surface area contributed by atoms with Crippen molar-refractivity contribution >= 4 is 48.7 Å². The molecule has 6 nitrogen and oxygen atoms in total. The summed E-state index contributed by atoms with van der Waals surface area (Å²) >= 11 is 1.35. The maximum Gasteiger partial charge on any atom is 0.265 e. The molecule has 0 aliphatic heterocycles. The highest BCUT2D eigenvalue weighted by Gasteiger charge is 2.24. The Morgan fingerprint density at radius 1 is 1.03 bits per heavy atom. The van der Waals surface area contributed by atoms with Gasteiger partial charge in [-0.2, -0.15) is 0 Å². The summed E-state index contributed by atoms with van der Waals surface area (Å²) in [5.41, 5.74) is 2.14. The zero-order valence-corrected chi connectivity index (χ0v) is 20.2. The highest BCUT2D eigenvalue weighted by atomic mass is 32.2. The van der Waals surface area contributed by atoms with Crippen LogP contribution in [0.1, 0.15) is 22.2 Å². The lowest BCUT2D eigenvalue weighted by molar-refractivity contribution is 0.103. The molecule has 0 unspecified atom stereocenters. The van der Waals surface area contributed by atoms with Crippen LogP contribution in [0.3, 0.4) is 0 Å². The highest BCUT2D eigenvalue weighted by Crippen LogP contribution is 2.33. The summed E-state index contributed by atoms with van der Waals surface area (Å²) in [6.07, 6.45) is 0. The number of rotatable bonds is 7. The normalized spacial score (nSPS) is 11.4. The average molecular weight is 481 g/mol. The van der Waals surface area contributed by atoms with Crippen LogP contribution in [0.4, 0.5) is 11.4 Å². The van der Waals surface area contributed by atoms with Gasteiger partial charge in [0.15, 0.2) is 0 Å². The number of sulfonamides is 1. The van der Waals surface area contributed by atoms with E-state index in [4.69, 9.17) is 4.74 Å². The van der Waals surface area contributed by atoms with Gasteiger partial charge < -0.3 is 10.1 Å². The van der Waals surface area contributed by atoms with Gasteiger partial charge in [0.05, 0.1) is 28.3 Å². The molecule has 1 heterocycles. The van der Waals surface area contributed by atoms with Crippen molar-refractivity contribution in [2.24, 2.45) is 0 Å². The minimum atomic E-state index is -3.70.